The van der Waals surface area contributed by atoms with E-state index >= 15 is 0 Å². The predicted octanol–water partition coefficient (Wildman–Crippen LogP) is 3.00. The van der Waals surface area contributed by atoms with E-state index in [1.165, 1.54) is 6.42 Å². The lowest BCUT2D eigenvalue weighted by molar-refractivity contribution is 0.0915. The Morgan fingerprint density at radius 1 is 1.53 bits per heavy atom. The fourth-order valence-electron chi connectivity index (χ4n) is 2.60. The van der Waals surface area contributed by atoms with Gasteiger partial charge in [0.15, 0.2) is 5.78 Å². The number of aromatic nitrogens is 2. The molecule has 0 saturated carbocycles. The first kappa shape index (κ1) is 14.3. The summed E-state index contributed by atoms with van der Waals surface area (Å²) < 4.78 is 7.40. The van der Waals surface area contributed by atoms with Crippen molar-refractivity contribution in [2.24, 2.45) is 0 Å². The zero-order valence-electron chi connectivity index (χ0n) is 12.0. The third kappa shape index (κ3) is 3.66. The Balaban J connectivity index is 1.86. The van der Waals surface area contributed by atoms with E-state index in [9.17, 15) is 4.79 Å². The molecule has 4 nitrogen and oxygen atoms in total. The van der Waals surface area contributed by atoms with Gasteiger partial charge in [0, 0.05) is 19.6 Å². The van der Waals surface area contributed by atoms with Crippen LogP contribution in [0.2, 0.25) is 0 Å². The smallest absolute Gasteiger partial charge is 0.180 e. The van der Waals surface area contributed by atoms with Crippen molar-refractivity contribution in [3.63, 3.8) is 0 Å². The molecule has 19 heavy (non-hydrogen) atoms. The largest absolute Gasteiger partial charge is 0.378 e. The second-order valence-electron chi connectivity index (χ2n) is 5.14. The molecule has 0 aromatic carbocycles. The second kappa shape index (κ2) is 6.85. The molecular formula is C15H24N2O2. The zero-order chi connectivity index (χ0) is 13.7. The molecular weight excluding hydrogens is 240 g/mol. The van der Waals surface area contributed by atoms with Gasteiger partial charge in [0.2, 0.25) is 0 Å². The molecule has 1 saturated heterocycles. The van der Waals surface area contributed by atoms with Gasteiger partial charge in [-0.1, -0.05) is 6.92 Å². The van der Waals surface area contributed by atoms with Crippen LogP contribution in [0, 0.1) is 0 Å². The van der Waals surface area contributed by atoms with Crippen LogP contribution in [0.15, 0.2) is 6.07 Å². The molecule has 1 aliphatic heterocycles. The predicted molar refractivity (Wildman–Crippen MR) is 74.4 cm³/mol. The average Bonchev–Trinajstić information content (AvgIpc) is 3.07. The molecule has 1 aromatic heterocycles. The van der Waals surface area contributed by atoms with E-state index in [1.807, 2.05) is 17.7 Å². The first-order chi connectivity index (χ1) is 9.24. The summed E-state index contributed by atoms with van der Waals surface area (Å²) in [6, 6.07) is 1.94. The van der Waals surface area contributed by atoms with E-state index < -0.39 is 0 Å². The van der Waals surface area contributed by atoms with Crippen molar-refractivity contribution in [1.82, 2.24) is 9.78 Å². The van der Waals surface area contributed by atoms with Gasteiger partial charge in [0.1, 0.15) is 5.69 Å². The molecule has 1 aromatic rings. The van der Waals surface area contributed by atoms with Gasteiger partial charge in [-0.2, -0.15) is 5.10 Å². The third-order valence-corrected chi connectivity index (χ3v) is 3.73. The Kier molecular flexibility index (Phi) is 5.14. The fourth-order valence-corrected chi connectivity index (χ4v) is 2.60. The minimum atomic E-state index is 0.215. The molecule has 0 amide bonds. The maximum absolute atomic E-state index is 12.2. The number of ether oxygens (including phenoxy) is 1. The number of hydrogen-bond donors (Lipinski definition) is 0. The number of carbonyl (C=O) groups excluding carboxylic acids is 1. The molecule has 106 valence electrons. The summed E-state index contributed by atoms with van der Waals surface area (Å²) in [5.41, 5.74) is 1.77. The van der Waals surface area contributed by atoms with Crippen LogP contribution in [0.1, 0.15) is 62.1 Å². The fraction of sp³-hybridized carbons (Fsp3) is 0.733. The highest BCUT2D eigenvalue weighted by atomic mass is 16.5. The molecule has 0 spiro atoms. The summed E-state index contributed by atoms with van der Waals surface area (Å²) in [6.07, 6.45) is 6.11. The topological polar surface area (TPSA) is 44.1 Å². The second-order valence-corrected chi connectivity index (χ2v) is 5.14. The maximum Gasteiger partial charge on any atom is 0.180 e. The van der Waals surface area contributed by atoms with Crippen LogP contribution < -0.4 is 0 Å². The summed E-state index contributed by atoms with van der Waals surface area (Å²) in [5, 5.41) is 4.42. The Hall–Kier alpha value is -1.16. The number of rotatable bonds is 7. The molecule has 0 N–H and O–H groups in total. The average molecular weight is 264 g/mol. The summed E-state index contributed by atoms with van der Waals surface area (Å²) in [7, 11) is 0. The van der Waals surface area contributed by atoms with E-state index in [4.69, 9.17) is 4.74 Å². The lowest BCUT2D eigenvalue weighted by Gasteiger charge is -2.08. The maximum atomic E-state index is 12.2. The molecule has 2 rings (SSSR count). The van der Waals surface area contributed by atoms with Gasteiger partial charge in [0.05, 0.1) is 11.8 Å². The monoisotopic (exact) mass is 264 g/mol. The van der Waals surface area contributed by atoms with Crippen molar-refractivity contribution in [2.45, 2.75) is 65.0 Å². The normalized spacial score (nSPS) is 18.9. The number of nitrogens with zero attached hydrogens (tertiary/aromatic N) is 2. The molecule has 2 heterocycles. The van der Waals surface area contributed by atoms with Crippen LogP contribution in [-0.2, 0) is 17.7 Å². The molecule has 1 unspecified atom stereocenters. The highest BCUT2D eigenvalue weighted by molar-refractivity contribution is 5.94. The van der Waals surface area contributed by atoms with Gasteiger partial charge in [-0.15, -0.1) is 0 Å². The Morgan fingerprint density at radius 2 is 2.37 bits per heavy atom. The number of carbonyl (C=O) groups is 1. The number of Topliss-reactive ketones (excluding diaryl/α,β-unsaturated/α-hetero) is 1. The molecule has 0 aliphatic carbocycles. The van der Waals surface area contributed by atoms with Gasteiger partial charge in [0.25, 0.3) is 0 Å². The SMILES string of the molecule is CCc1cc(C(=O)CCCC2CCCO2)n(CC)n1. The first-order valence-electron chi connectivity index (χ1n) is 7.46. The summed E-state index contributed by atoms with van der Waals surface area (Å²) >= 11 is 0. The first-order valence-corrected chi connectivity index (χ1v) is 7.46. The van der Waals surface area contributed by atoms with E-state index in [0.717, 1.165) is 50.2 Å². The van der Waals surface area contributed by atoms with Crippen LogP contribution in [0.3, 0.4) is 0 Å². The molecule has 0 bridgehead atoms. The quantitative estimate of drug-likeness (QED) is 0.711. The van der Waals surface area contributed by atoms with Gasteiger partial charge in [-0.25, -0.2) is 0 Å². The van der Waals surface area contributed by atoms with Crippen molar-refractivity contribution in [3.8, 4) is 0 Å². The van der Waals surface area contributed by atoms with Crippen LogP contribution in [0.4, 0.5) is 0 Å². The van der Waals surface area contributed by atoms with Gasteiger partial charge >= 0.3 is 0 Å². The van der Waals surface area contributed by atoms with Crippen molar-refractivity contribution in [3.05, 3.63) is 17.5 Å². The summed E-state index contributed by atoms with van der Waals surface area (Å²) in [5.74, 6) is 0.215. The van der Waals surface area contributed by atoms with Crippen molar-refractivity contribution >= 4 is 5.78 Å². The zero-order valence-corrected chi connectivity index (χ0v) is 12.0. The minimum absolute atomic E-state index is 0.215. The Morgan fingerprint density at radius 3 is 3.00 bits per heavy atom. The molecule has 4 heteroatoms. The van der Waals surface area contributed by atoms with Crippen LogP contribution in [0.5, 0.6) is 0 Å². The molecule has 1 atom stereocenters. The van der Waals surface area contributed by atoms with Crippen LogP contribution >= 0.6 is 0 Å². The summed E-state index contributed by atoms with van der Waals surface area (Å²) in [6.45, 7) is 5.73. The highest BCUT2D eigenvalue weighted by Crippen LogP contribution is 2.18. The van der Waals surface area contributed by atoms with E-state index in [-0.39, 0.29) is 5.78 Å². The van der Waals surface area contributed by atoms with Gasteiger partial charge < -0.3 is 4.74 Å². The van der Waals surface area contributed by atoms with Crippen LogP contribution in [-0.4, -0.2) is 28.3 Å². The number of ketones is 1. The molecule has 0 radical (unpaired) electrons. The van der Waals surface area contributed by atoms with Crippen molar-refractivity contribution in [2.75, 3.05) is 6.61 Å². The van der Waals surface area contributed by atoms with Crippen LogP contribution in [0.25, 0.3) is 0 Å². The van der Waals surface area contributed by atoms with Gasteiger partial charge in [-0.05, 0) is 45.1 Å². The standard InChI is InChI=1S/C15H24N2O2/c1-3-12-11-14(17(4-2)16-12)15(18)9-5-7-13-8-6-10-19-13/h11,13H,3-10H2,1-2H3. The van der Waals surface area contributed by atoms with E-state index in [1.54, 1.807) is 0 Å². The molecule has 1 aliphatic rings. The number of aryl methyl sites for hydroxylation is 2. The van der Waals surface area contributed by atoms with E-state index in [0.29, 0.717) is 12.5 Å². The summed E-state index contributed by atoms with van der Waals surface area (Å²) in [4.78, 5) is 12.2. The van der Waals surface area contributed by atoms with Crippen molar-refractivity contribution in [1.29, 1.82) is 0 Å². The minimum Gasteiger partial charge on any atom is -0.378 e. The van der Waals surface area contributed by atoms with E-state index in [2.05, 4.69) is 12.0 Å². The lowest BCUT2D eigenvalue weighted by Crippen LogP contribution is -2.11. The van der Waals surface area contributed by atoms with Gasteiger partial charge in [-0.3, -0.25) is 9.48 Å². The lowest BCUT2D eigenvalue weighted by atomic mass is 10.1. The highest BCUT2D eigenvalue weighted by Gasteiger charge is 2.17. The Bertz CT molecular complexity index is 420. The third-order valence-electron chi connectivity index (χ3n) is 3.73. The van der Waals surface area contributed by atoms with Crippen molar-refractivity contribution < 1.29 is 9.53 Å². The molecule has 1 fully saturated rings. The number of hydrogen-bond acceptors (Lipinski definition) is 3. The Labute approximate surface area is 115 Å².